The molecular weight excluding hydrogens is 586 g/mol. The maximum absolute atomic E-state index is 12.5. The molecule has 1 N–H and O–H groups in total. The number of halogens is 3. The van der Waals surface area contributed by atoms with E-state index in [4.69, 9.17) is 0 Å². The van der Waals surface area contributed by atoms with E-state index in [-0.39, 0.29) is 11.7 Å². The molecule has 0 aliphatic carbocycles. The number of anilines is 1. The molecule has 6 nitrogen and oxygen atoms in total. The lowest BCUT2D eigenvalue weighted by Crippen LogP contribution is -2.15. The minimum atomic E-state index is -0.138. The summed E-state index contributed by atoms with van der Waals surface area (Å²) >= 11 is 11.7. The van der Waals surface area contributed by atoms with E-state index in [9.17, 15) is 4.79 Å². The number of thioether (sulfide) groups is 1. The maximum atomic E-state index is 12.5. The number of aromatic nitrogens is 4. The number of carbonyl (C=O) groups excluding carboxylic acids is 1. The summed E-state index contributed by atoms with van der Waals surface area (Å²) < 4.78 is 4.23. The molecule has 2 aromatic carbocycles. The van der Waals surface area contributed by atoms with Gasteiger partial charge in [0.1, 0.15) is 11.4 Å². The van der Waals surface area contributed by atoms with Crippen LogP contribution in [-0.2, 0) is 4.79 Å². The van der Waals surface area contributed by atoms with Crippen LogP contribution in [-0.4, -0.2) is 31.4 Å². The van der Waals surface area contributed by atoms with Gasteiger partial charge in [-0.05, 0) is 56.1 Å². The molecule has 146 valence electrons. The molecule has 0 spiro atoms. The van der Waals surface area contributed by atoms with Gasteiger partial charge in [0, 0.05) is 13.4 Å². The summed E-state index contributed by atoms with van der Waals surface area (Å²) in [6.45, 7) is 0. The smallest absolute Gasteiger partial charge is 0.234 e. The molecule has 0 aliphatic heterocycles. The number of nitrogens with zero attached hydrogens (tertiary/aromatic N) is 4. The molecule has 0 radical (unpaired) electrons. The number of benzene rings is 2. The summed E-state index contributed by atoms with van der Waals surface area (Å²) in [7, 11) is 0. The Bertz CT molecular complexity index is 1180. The van der Waals surface area contributed by atoms with Gasteiger partial charge in [0.15, 0.2) is 5.65 Å². The van der Waals surface area contributed by atoms with E-state index in [1.807, 2.05) is 42.5 Å². The number of hydrogen-bond donors (Lipinski definition) is 1. The molecule has 0 aliphatic rings. The number of para-hydroxylation sites is 1. The Hall–Kier alpha value is -1.75. The van der Waals surface area contributed by atoms with Crippen molar-refractivity contribution in [2.24, 2.45) is 0 Å². The third-order valence-corrected chi connectivity index (χ3v) is 6.66. The van der Waals surface area contributed by atoms with Crippen molar-refractivity contribution < 1.29 is 4.79 Å². The first-order chi connectivity index (χ1) is 14.0. The topological polar surface area (TPSA) is 72.7 Å². The van der Waals surface area contributed by atoms with Crippen molar-refractivity contribution in [3.05, 3.63) is 68.4 Å². The standard InChI is InChI=1S/C19H12Br3N5OS/c20-11-6-14(21)17(15(22)7-11)26-16(28)9-29-19-13-8-25-27(18(13)23-10-24-19)12-4-2-1-3-5-12/h1-8,10H,9H2,(H,26,28). The fourth-order valence-electron chi connectivity index (χ4n) is 2.67. The fraction of sp³-hybridized carbons (Fsp3) is 0.0526. The predicted molar refractivity (Wildman–Crippen MR) is 126 cm³/mol. The maximum Gasteiger partial charge on any atom is 0.234 e. The SMILES string of the molecule is O=C(CSc1ncnc2c1cnn2-c1ccccc1)Nc1c(Br)cc(Br)cc1Br. The number of hydrogen-bond acceptors (Lipinski definition) is 5. The molecule has 0 unspecified atom stereocenters. The quantitative estimate of drug-likeness (QED) is 0.231. The van der Waals surface area contributed by atoms with Gasteiger partial charge >= 0.3 is 0 Å². The van der Waals surface area contributed by atoms with Gasteiger partial charge in [-0.3, -0.25) is 4.79 Å². The van der Waals surface area contributed by atoms with Crippen LogP contribution in [0.25, 0.3) is 16.7 Å². The highest BCUT2D eigenvalue weighted by atomic mass is 79.9. The van der Waals surface area contributed by atoms with E-state index in [1.54, 1.807) is 10.9 Å². The Kier molecular flexibility index (Phi) is 6.33. The Morgan fingerprint density at radius 1 is 1.07 bits per heavy atom. The third kappa shape index (κ3) is 4.55. The van der Waals surface area contributed by atoms with Crippen molar-refractivity contribution in [2.45, 2.75) is 5.03 Å². The Morgan fingerprint density at radius 3 is 2.52 bits per heavy atom. The average molecular weight is 598 g/mol. The molecule has 0 saturated heterocycles. The lowest BCUT2D eigenvalue weighted by atomic mass is 10.3. The first kappa shape index (κ1) is 20.5. The molecule has 0 saturated carbocycles. The van der Waals surface area contributed by atoms with E-state index in [0.717, 1.165) is 24.5 Å². The van der Waals surface area contributed by atoms with Crippen LogP contribution in [0, 0.1) is 0 Å². The first-order valence-corrected chi connectivity index (χ1v) is 11.7. The second-order valence-corrected chi connectivity index (χ2v) is 9.48. The van der Waals surface area contributed by atoms with Crippen LogP contribution in [0.4, 0.5) is 5.69 Å². The van der Waals surface area contributed by atoms with Gasteiger partial charge in [0.05, 0.1) is 28.7 Å². The Labute approximate surface area is 195 Å². The molecule has 29 heavy (non-hydrogen) atoms. The average Bonchev–Trinajstić information content (AvgIpc) is 3.14. The molecule has 2 heterocycles. The van der Waals surface area contributed by atoms with E-state index < -0.39 is 0 Å². The van der Waals surface area contributed by atoms with Crippen LogP contribution < -0.4 is 5.32 Å². The Balaban J connectivity index is 1.52. The summed E-state index contributed by atoms with van der Waals surface area (Å²) in [5.41, 5.74) is 2.30. The lowest BCUT2D eigenvalue weighted by Gasteiger charge is -2.10. The van der Waals surface area contributed by atoms with Gasteiger partial charge in [-0.1, -0.05) is 45.9 Å². The van der Waals surface area contributed by atoms with Gasteiger partial charge in [0.2, 0.25) is 5.91 Å². The van der Waals surface area contributed by atoms with Crippen LogP contribution in [0.5, 0.6) is 0 Å². The van der Waals surface area contributed by atoms with Crippen molar-refractivity contribution in [1.82, 2.24) is 19.7 Å². The normalized spacial score (nSPS) is 11.0. The molecule has 0 fully saturated rings. The number of carbonyl (C=O) groups is 1. The predicted octanol–water partition coefficient (Wildman–Crippen LogP) is 5.83. The van der Waals surface area contributed by atoms with Crippen LogP contribution in [0.1, 0.15) is 0 Å². The number of nitrogens with one attached hydrogen (secondary N) is 1. The van der Waals surface area contributed by atoms with Crippen molar-refractivity contribution in [3.8, 4) is 5.69 Å². The third-order valence-electron chi connectivity index (χ3n) is 3.94. The molecule has 0 atom stereocenters. The zero-order valence-electron chi connectivity index (χ0n) is 14.6. The molecule has 2 aromatic heterocycles. The van der Waals surface area contributed by atoms with Crippen molar-refractivity contribution in [1.29, 1.82) is 0 Å². The minimum absolute atomic E-state index is 0.138. The molecule has 4 aromatic rings. The van der Waals surface area contributed by atoms with Gasteiger partial charge in [-0.2, -0.15) is 5.10 Å². The highest BCUT2D eigenvalue weighted by Crippen LogP contribution is 2.34. The molecule has 4 rings (SSSR count). The summed E-state index contributed by atoms with van der Waals surface area (Å²) in [4.78, 5) is 21.2. The lowest BCUT2D eigenvalue weighted by molar-refractivity contribution is -0.113. The van der Waals surface area contributed by atoms with Gasteiger partial charge in [-0.25, -0.2) is 14.6 Å². The van der Waals surface area contributed by atoms with Gasteiger partial charge in [-0.15, -0.1) is 0 Å². The van der Waals surface area contributed by atoms with E-state index in [0.29, 0.717) is 16.4 Å². The van der Waals surface area contributed by atoms with Crippen LogP contribution in [0.3, 0.4) is 0 Å². The summed E-state index contributed by atoms with van der Waals surface area (Å²) in [5, 5.41) is 8.87. The van der Waals surface area contributed by atoms with E-state index in [1.165, 1.54) is 18.1 Å². The summed E-state index contributed by atoms with van der Waals surface area (Å²) in [6.07, 6.45) is 3.22. The first-order valence-electron chi connectivity index (χ1n) is 8.34. The van der Waals surface area contributed by atoms with Gasteiger partial charge < -0.3 is 5.32 Å². The summed E-state index contributed by atoms with van der Waals surface area (Å²) in [6, 6.07) is 13.5. The van der Waals surface area contributed by atoms with Crippen molar-refractivity contribution in [2.75, 3.05) is 11.1 Å². The second-order valence-electron chi connectivity index (χ2n) is 5.89. The highest BCUT2D eigenvalue weighted by molar-refractivity contribution is 9.11. The molecular formula is C19H12Br3N5OS. The van der Waals surface area contributed by atoms with E-state index >= 15 is 0 Å². The second kappa shape index (κ2) is 8.95. The number of amides is 1. The zero-order valence-corrected chi connectivity index (χ0v) is 20.2. The van der Waals surface area contributed by atoms with E-state index in [2.05, 4.69) is 68.2 Å². The summed E-state index contributed by atoms with van der Waals surface area (Å²) in [5.74, 6) is 0.0679. The molecule has 0 bridgehead atoms. The minimum Gasteiger partial charge on any atom is -0.323 e. The van der Waals surface area contributed by atoms with Crippen molar-refractivity contribution >= 4 is 82.2 Å². The highest BCUT2D eigenvalue weighted by Gasteiger charge is 2.15. The zero-order chi connectivity index (χ0) is 20.4. The monoisotopic (exact) mass is 595 g/mol. The number of fused-ring (bicyclic) bond motifs is 1. The van der Waals surface area contributed by atoms with Gasteiger partial charge in [0.25, 0.3) is 0 Å². The fourth-order valence-corrected chi connectivity index (χ4v) is 5.88. The number of rotatable bonds is 5. The van der Waals surface area contributed by atoms with Crippen LogP contribution >= 0.6 is 59.6 Å². The largest absolute Gasteiger partial charge is 0.323 e. The van der Waals surface area contributed by atoms with Crippen LogP contribution in [0.15, 0.2) is 73.4 Å². The molecule has 10 heteroatoms. The van der Waals surface area contributed by atoms with Crippen molar-refractivity contribution in [3.63, 3.8) is 0 Å². The molecule has 1 amide bonds. The Morgan fingerprint density at radius 2 is 1.79 bits per heavy atom. The van der Waals surface area contributed by atoms with Crippen LogP contribution in [0.2, 0.25) is 0 Å².